The van der Waals surface area contributed by atoms with Crippen molar-refractivity contribution in [2.24, 2.45) is 5.73 Å². The van der Waals surface area contributed by atoms with E-state index in [1.54, 1.807) is 0 Å². The first kappa shape index (κ1) is 8.85. The lowest BCUT2D eigenvalue weighted by Gasteiger charge is -1.99. The summed E-state index contributed by atoms with van der Waals surface area (Å²) in [4.78, 5) is 9.40. The first-order valence-electron chi connectivity index (χ1n) is 2.33. The molecule has 9 heavy (non-hydrogen) atoms. The Labute approximate surface area is 63.1 Å². The van der Waals surface area contributed by atoms with Crippen molar-refractivity contribution in [3.05, 3.63) is 0 Å². The highest BCUT2D eigenvalue weighted by Gasteiger charge is 1.99. The molecule has 0 aliphatic carbocycles. The summed E-state index contributed by atoms with van der Waals surface area (Å²) in [7, 11) is 0. The summed E-state index contributed by atoms with van der Waals surface area (Å²) in [5.74, 6) is 0. The van der Waals surface area contributed by atoms with Gasteiger partial charge in [0.15, 0.2) is 0 Å². The lowest BCUT2D eigenvalue weighted by atomic mass is 10.5. The normalized spacial score (nSPS) is 9.67. The van der Waals surface area contributed by atoms with Crippen LogP contribution in [0.2, 0.25) is 0 Å². The number of rotatable bonds is 3. The summed E-state index contributed by atoms with van der Waals surface area (Å²) in [6.45, 7) is 0.174. The molecule has 1 amide bonds. The van der Waals surface area contributed by atoms with Crippen molar-refractivity contribution in [1.29, 1.82) is 0 Å². The number of carbonyl (C=O) groups is 1. The average Bonchev–Trinajstić information content (AvgIpc) is 1.63. The van der Waals surface area contributed by atoms with Crippen LogP contribution in [0.15, 0.2) is 0 Å². The van der Waals surface area contributed by atoms with Crippen LogP contribution in [-0.4, -0.2) is 17.5 Å². The number of halogens is 2. The van der Waals surface area contributed by atoms with Gasteiger partial charge in [-0.2, -0.15) is 0 Å². The van der Waals surface area contributed by atoms with E-state index in [-0.39, 0.29) is 6.61 Å². The first-order chi connectivity index (χ1) is 4.13. The summed E-state index contributed by atoms with van der Waals surface area (Å²) in [5, 5.41) is 0. The third-order valence-corrected chi connectivity index (χ3v) is 1.02. The fraction of sp³-hybridized carbons (Fsp3) is 0.750. The maximum atomic E-state index is 9.89. The van der Waals surface area contributed by atoms with E-state index in [9.17, 15) is 4.79 Å². The Kier molecular flexibility index (Phi) is 4.62. The number of primary amides is 1. The molecular formula is C4H7Cl2NO2. The number of hydrogen-bond donors (Lipinski definition) is 1. The summed E-state index contributed by atoms with van der Waals surface area (Å²) in [6, 6.07) is 0. The minimum absolute atomic E-state index is 0.174. The van der Waals surface area contributed by atoms with Crippen LogP contribution in [0.4, 0.5) is 4.79 Å². The zero-order chi connectivity index (χ0) is 7.28. The molecule has 0 aromatic carbocycles. The maximum Gasteiger partial charge on any atom is 0.404 e. The van der Waals surface area contributed by atoms with Crippen LogP contribution in [0.1, 0.15) is 6.42 Å². The molecule has 0 aromatic rings. The molecule has 54 valence electrons. The fourth-order valence-electron chi connectivity index (χ4n) is 0.249. The highest BCUT2D eigenvalue weighted by molar-refractivity contribution is 6.44. The van der Waals surface area contributed by atoms with Crippen molar-refractivity contribution in [2.45, 2.75) is 11.3 Å². The van der Waals surface area contributed by atoms with E-state index in [2.05, 4.69) is 10.5 Å². The molecule has 0 radical (unpaired) electrons. The minimum atomic E-state index is -0.802. The van der Waals surface area contributed by atoms with Gasteiger partial charge in [-0.1, -0.05) is 0 Å². The molecule has 2 N–H and O–H groups in total. The zero-order valence-corrected chi connectivity index (χ0v) is 6.15. The largest absolute Gasteiger partial charge is 0.450 e. The molecular weight excluding hydrogens is 165 g/mol. The maximum absolute atomic E-state index is 9.89. The van der Waals surface area contributed by atoms with Crippen molar-refractivity contribution >= 4 is 29.3 Å². The van der Waals surface area contributed by atoms with E-state index in [4.69, 9.17) is 23.2 Å². The molecule has 0 unspecified atom stereocenters. The van der Waals surface area contributed by atoms with Crippen LogP contribution in [0.3, 0.4) is 0 Å². The van der Waals surface area contributed by atoms with Crippen molar-refractivity contribution in [1.82, 2.24) is 0 Å². The SMILES string of the molecule is NC(=O)OCCC(Cl)Cl. The monoisotopic (exact) mass is 171 g/mol. The van der Waals surface area contributed by atoms with Crippen LogP contribution >= 0.6 is 23.2 Å². The molecule has 0 fully saturated rings. The lowest BCUT2D eigenvalue weighted by Crippen LogP contribution is -2.14. The molecule has 0 saturated heterocycles. The Morgan fingerprint density at radius 3 is 2.56 bits per heavy atom. The molecule has 5 heteroatoms. The second-order valence-corrected chi connectivity index (χ2v) is 2.62. The number of amides is 1. The minimum Gasteiger partial charge on any atom is -0.450 e. The van der Waals surface area contributed by atoms with Crippen LogP contribution in [0, 0.1) is 0 Å². The van der Waals surface area contributed by atoms with Crippen molar-refractivity contribution in [3.8, 4) is 0 Å². The summed E-state index contributed by atoms with van der Waals surface area (Å²) in [6.07, 6.45) is -0.393. The second kappa shape index (κ2) is 4.70. The van der Waals surface area contributed by atoms with Gasteiger partial charge >= 0.3 is 6.09 Å². The Morgan fingerprint density at radius 1 is 1.67 bits per heavy atom. The molecule has 0 heterocycles. The Bertz CT molecular complexity index is 96.6. The van der Waals surface area contributed by atoms with Gasteiger partial charge < -0.3 is 10.5 Å². The zero-order valence-electron chi connectivity index (χ0n) is 4.64. The number of alkyl halides is 2. The highest BCUT2D eigenvalue weighted by Crippen LogP contribution is 2.05. The molecule has 0 bridgehead atoms. The van der Waals surface area contributed by atoms with E-state index in [0.29, 0.717) is 6.42 Å². The van der Waals surface area contributed by atoms with Gasteiger partial charge in [-0.15, -0.1) is 23.2 Å². The molecule has 0 atom stereocenters. The Balaban J connectivity index is 3.01. The van der Waals surface area contributed by atoms with Gasteiger partial charge in [0, 0.05) is 6.42 Å². The summed E-state index contributed by atoms with van der Waals surface area (Å²) < 4.78 is 4.32. The van der Waals surface area contributed by atoms with Crippen LogP contribution in [0.25, 0.3) is 0 Å². The topological polar surface area (TPSA) is 52.3 Å². The van der Waals surface area contributed by atoms with Crippen LogP contribution < -0.4 is 5.73 Å². The van der Waals surface area contributed by atoms with E-state index < -0.39 is 10.9 Å². The van der Waals surface area contributed by atoms with E-state index >= 15 is 0 Å². The van der Waals surface area contributed by atoms with Gasteiger partial charge in [-0.05, 0) is 0 Å². The Morgan fingerprint density at radius 2 is 2.22 bits per heavy atom. The number of ether oxygens (including phenoxy) is 1. The van der Waals surface area contributed by atoms with E-state index in [1.165, 1.54) is 0 Å². The molecule has 0 aromatic heterocycles. The molecule has 0 aliphatic heterocycles. The molecule has 0 saturated carbocycles. The number of hydrogen-bond acceptors (Lipinski definition) is 2. The van der Waals surface area contributed by atoms with Gasteiger partial charge in [-0.25, -0.2) is 4.79 Å². The fourth-order valence-corrected chi connectivity index (χ4v) is 0.427. The third-order valence-electron chi connectivity index (χ3n) is 0.580. The predicted molar refractivity (Wildman–Crippen MR) is 35.6 cm³/mol. The van der Waals surface area contributed by atoms with Gasteiger partial charge in [0.05, 0.1) is 6.61 Å². The molecule has 0 spiro atoms. The van der Waals surface area contributed by atoms with Crippen LogP contribution in [-0.2, 0) is 4.74 Å². The standard InChI is InChI=1S/C4H7Cl2NO2/c5-3(6)1-2-9-4(7)8/h3H,1-2H2,(H2,7,8). The van der Waals surface area contributed by atoms with Gasteiger partial charge in [0.25, 0.3) is 0 Å². The average molecular weight is 172 g/mol. The van der Waals surface area contributed by atoms with Gasteiger partial charge in [0.2, 0.25) is 0 Å². The second-order valence-electron chi connectivity index (χ2n) is 1.35. The van der Waals surface area contributed by atoms with E-state index in [1.807, 2.05) is 0 Å². The molecule has 0 aliphatic rings. The number of carbonyl (C=O) groups excluding carboxylic acids is 1. The van der Waals surface area contributed by atoms with Crippen molar-refractivity contribution in [2.75, 3.05) is 6.61 Å². The quantitative estimate of drug-likeness (QED) is 0.651. The molecule has 3 nitrogen and oxygen atoms in total. The number of nitrogens with two attached hydrogens (primary N) is 1. The van der Waals surface area contributed by atoms with Crippen molar-refractivity contribution < 1.29 is 9.53 Å². The summed E-state index contributed by atoms with van der Waals surface area (Å²) >= 11 is 10.6. The van der Waals surface area contributed by atoms with Gasteiger partial charge in [-0.3, -0.25) is 0 Å². The van der Waals surface area contributed by atoms with Gasteiger partial charge in [0.1, 0.15) is 4.84 Å². The highest BCUT2D eigenvalue weighted by atomic mass is 35.5. The summed E-state index contributed by atoms with van der Waals surface area (Å²) in [5.41, 5.74) is 4.63. The smallest absolute Gasteiger partial charge is 0.404 e. The molecule has 0 rings (SSSR count). The third kappa shape index (κ3) is 7.85. The van der Waals surface area contributed by atoms with Crippen molar-refractivity contribution in [3.63, 3.8) is 0 Å². The van der Waals surface area contributed by atoms with Crippen LogP contribution in [0.5, 0.6) is 0 Å². The lowest BCUT2D eigenvalue weighted by molar-refractivity contribution is 0.156. The van der Waals surface area contributed by atoms with E-state index in [0.717, 1.165) is 0 Å². The first-order valence-corrected chi connectivity index (χ1v) is 3.20. The predicted octanol–water partition coefficient (Wildman–Crippen LogP) is 1.28. The Hall–Kier alpha value is -0.150.